The molecule has 0 saturated heterocycles. The molecule has 1 saturated carbocycles. The predicted molar refractivity (Wildman–Crippen MR) is 150 cm³/mol. The maximum Gasteiger partial charge on any atom is 0.309 e. The summed E-state index contributed by atoms with van der Waals surface area (Å²) in [5.74, 6) is -0.261. The highest BCUT2D eigenvalue weighted by Gasteiger charge is 2.22. The third kappa shape index (κ3) is 8.18. The number of nitrogens with zero attached hydrogens (tertiary/aromatic N) is 2. The van der Waals surface area contributed by atoms with E-state index in [0.717, 1.165) is 42.1 Å². The lowest BCUT2D eigenvalue weighted by Gasteiger charge is -2.20. The summed E-state index contributed by atoms with van der Waals surface area (Å²) in [7, 11) is 0. The van der Waals surface area contributed by atoms with Crippen LogP contribution in [0.1, 0.15) is 44.6 Å². The number of para-hydroxylation sites is 1. The molecule has 1 aromatic heterocycles. The van der Waals surface area contributed by atoms with Crippen molar-refractivity contribution >= 4 is 51.5 Å². The summed E-state index contributed by atoms with van der Waals surface area (Å²) in [5, 5.41) is 7.64. The molecule has 0 bridgehead atoms. The van der Waals surface area contributed by atoms with Crippen LogP contribution in [-0.4, -0.2) is 34.1 Å². The van der Waals surface area contributed by atoms with Gasteiger partial charge in [-0.2, -0.15) is 0 Å². The second kappa shape index (κ2) is 13.6. The quantitative estimate of drug-likeness (QED) is 0.129. The van der Waals surface area contributed by atoms with E-state index < -0.39 is 6.17 Å². The minimum atomic E-state index is -0.420. The topological polar surface area (TPSA) is 92.7 Å². The molecule has 37 heavy (non-hydrogen) atoms. The van der Waals surface area contributed by atoms with Crippen LogP contribution in [-0.2, 0) is 14.3 Å². The number of hydrogen-bond acceptors (Lipinski definition) is 6. The molecule has 0 spiro atoms. The number of hydrogen-bond donors (Lipinski definition) is 2. The molecule has 1 amide bonds. The molecule has 0 aliphatic heterocycles. The lowest BCUT2D eigenvalue weighted by molar-refractivity contribution is -0.147. The molecular formula is C29H32N4O3S. The molecule has 2 aromatic carbocycles. The second-order valence-electron chi connectivity index (χ2n) is 8.95. The van der Waals surface area contributed by atoms with Crippen LogP contribution < -0.4 is 10.6 Å². The summed E-state index contributed by atoms with van der Waals surface area (Å²) >= 11 is 1.28. The Hall–Kier alpha value is -3.65. The van der Waals surface area contributed by atoms with E-state index >= 15 is 0 Å². The Morgan fingerprint density at radius 2 is 1.84 bits per heavy atom. The number of carbonyl (C=O) groups is 2. The van der Waals surface area contributed by atoms with Crippen LogP contribution in [0.4, 0.5) is 5.69 Å². The number of esters is 1. The van der Waals surface area contributed by atoms with Crippen molar-refractivity contribution in [3.05, 3.63) is 78.5 Å². The van der Waals surface area contributed by atoms with Crippen molar-refractivity contribution in [1.82, 2.24) is 15.6 Å². The maximum atomic E-state index is 12.5. The lowest BCUT2D eigenvalue weighted by atomic mass is 9.89. The fourth-order valence-electron chi connectivity index (χ4n) is 4.21. The van der Waals surface area contributed by atoms with Gasteiger partial charge >= 0.3 is 5.97 Å². The third-order valence-corrected chi connectivity index (χ3v) is 6.81. The van der Waals surface area contributed by atoms with Gasteiger partial charge < -0.3 is 15.4 Å². The molecule has 3 aromatic rings. The number of aliphatic imine (C=N–C) groups is 1. The average Bonchev–Trinajstić information content (AvgIpc) is 2.93. The molecule has 1 aliphatic rings. The zero-order valence-corrected chi connectivity index (χ0v) is 21.7. The van der Waals surface area contributed by atoms with E-state index in [1.807, 2.05) is 67.6 Å². The van der Waals surface area contributed by atoms with Gasteiger partial charge in [0.05, 0.1) is 23.3 Å². The lowest BCUT2D eigenvalue weighted by Crippen LogP contribution is -2.44. The molecule has 4 rings (SSSR count). The molecule has 8 heteroatoms. The minimum absolute atomic E-state index is 0.0143. The number of aromatic nitrogens is 1. The minimum Gasteiger partial charge on any atom is -0.454 e. The number of amidine groups is 1. The zero-order chi connectivity index (χ0) is 25.9. The molecule has 1 heterocycles. The van der Waals surface area contributed by atoms with E-state index in [1.54, 1.807) is 12.3 Å². The number of amides is 1. The maximum absolute atomic E-state index is 12.5. The Morgan fingerprint density at radius 1 is 1.05 bits per heavy atom. The van der Waals surface area contributed by atoms with Gasteiger partial charge in [0.25, 0.3) is 0 Å². The number of nitrogens with one attached hydrogen (secondary N) is 2. The van der Waals surface area contributed by atoms with Gasteiger partial charge in [-0.05, 0) is 55.3 Å². The smallest absolute Gasteiger partial charge is 0.309 e. The van der Waals surface area contributed by atoms with Crippen LogP contribution in [0.3, 0.4) is 0 Å². The summed E-state index contributed by atoms with van der Waals surface area (Å²) < 4.78 is 5.58. The van der Waals surface area contributed by atoms with Gasteiger partial charge in [-0.1, -0.05) is 67.8 Å². The summed E-state index contributed by atoms with van der Waals surface area (Å²) in [4.78, 5) is 34.2. The first-order valence-electron chi connectivity index (χ1n) is 12.6. The van der Waals surface area contributed by atoms with E-state index in [2.05, 4.69) is 15.6 Å². The largest absolute Gasteiger partial charge is 0.454 e. The molecule has 0 radical (unpaired) electrons. The molecular weight excluding hydrogens is 484 g/mol. The van der Waals surface area contributed by atoms with E-state index in [4.69, 9.17) is 9.73 Å². The van der Waals surface area contributed by atoms with Crippen molar-refractivity contribution in [1.29, 1.82) is 0 Å². The van der Waals surface area contributed by atoms with Crippen LogP contribution >= 0.6 is 11.8 Å². The molecule has 1 atom stereocenters. The van der Waals surface area contributed by atoms with E-state index in [9.17, 15) is 9.59 Å². The van der Waals surface area contributed by atoms with Gasteiger partial charge in [0.2, 0.25) is 5.91 Å². The zero-order valence-electron chi connectivity index (χ0n) is 20.9. The summed E-state index contributed by atoms with van der Waals surface area (Å²) in [6.07, 6.45) is 9.69. The normalized spacial score (nSPS) is 15.4. The van der Waals surface area contributed by atoms with E-state index in [0.29, 0.717) is 10.9 Å². The van der Waals surface area contributed by atoms with Crippen LogP contribution in [0.15, 0.2) is 77.9 Å². The van der Waals surface area contributed by atoms with Crippen molar-refractivity contribution in [3.8, 4) is 0 Å². The number of pyridine rings is 1. The summed E-state index contributed by atoms with van der Waals surface area (Å²) in [6, 6.07) is 19.3. The fraction of sp³-hybridized carbons (Fsp3) is 0.310. The van der Waals surface area contributed by atoms with Crippen LogP contribution in [0.25, 0.3) is 17.0 Å². The Morgan fingerprint density at radius 3 is 2.65 bits per heavy atom. The Bertz CT molecular complexity index is 1250. The average molecular weight is 517 g/mol. The van der Waals surface area contributed by atoms with E-state index in [-0.39, 0.29) is 23.7 Å². The molecule has 192 valence electrons. The van der Waals surface area contributed by atoms with Gasteiger partial charge in [-0.3, -0.25) is 14.6 Å². The van der Waals surface area contributed by atoms with Crippen LogP contribution in [0.5, 0.6) is 0 Å². The van der Waals surface area contributed by atoms with Gasteiger partial charge in [0, 0.05) is 17.7 Å². The van der Waals surface area contributed by atoms with Crippen molar-refractivity contribution < 1.29 is 14.3 Å². The Labute approximate surface area is 221 Å². The van der Waals surface area contributed by atoms with Gasteiger partial charge in [0.15, 0.2) is 5.17 Å². The van der Waals surface area contributed by atoms with Crippen molar-refractivity contribution in [2.75, 3.05) is 5.94 Å². The number of rotatable bonds is 8. The number of ether oxygens (including phenoxy) is 1. The number of thioether (sulfide) groups is 1. The number of carbonyl (C=O) groups excluding carboxylic acids is 2. The molecule has 1 fully saturated rings. The van der Waals surface area contributed by atoms with Crippen molar-refractivity contribution in [2.45, 2.75) is 45.2 Å². The number of benzene rings is 2. The molecule has 1 unspecified atom stereocenters. The van der Waals surface area contributed by atoms with Gasteiger partial charge in [0.1, 0.15) is 5.94 Å². The highest BCUT2D eigenvalue weighted by molar-refractivity contribution is 8.13. The SMILES string of the molecule is CC(NC(=O)/C=C/c1ccccc1)N/C(=N\c1cccc2cccnc12)SCOC(=O)C1CCCCC1. The molecule has 2 N–H and O–H groups in total. The van der Waals surface area contributed by atoms with Gasteiger partial charge in [-0.25, -0.2) is 4.99 Å². The van der Waals surface area contributed by atoms with Crippen LogP contribution in [0.2, 0.25) is 0 Å². The molecule has 7 nitrogen and oxygen atoms in total. The summed E-state index contributed by atoms with van der Waals surface area (Å²) in [5.41, 5.74) is 2.40. The van der Waals surface area contributed by atoms with E-state index in [1.165, 1.54) is 24.3 Å². The first-order valence-corrected chi connectivity index (χ1v) is 13.6. The monoisotopic (exact) mass is 516 g/mol. The Balaban J connectivity index is 1.43. The van der Waals surface area contributed by atoms with Crippen molar-refractivity contribution in [3.63, 3.8) is 0 Å². The highest BCUT2D eigenvalue weighted by Crippen LogP contribution is 2.26. The fourth-order valence-corrected chi connectivity index (χ4v) is 4.92. The standard InChI is InChI=1S/C29H32N4O3S/c1-21(31-26(34)18-17-22-10-4-2-5-11-22)32-29(37-20-36-28(35)24-12-6-3-7-13-24)33-25-16-8-14-23-15-9-19-30-27(23)25/h2,4-5,8-11,14-19,21,24H,3,6-7,12-13,20H2,1H3,(H,31,34)(H,32,33)/b18-17+. The third-order valence-electron chi connectivity index (χ3n) is 6.09. The van der Waals surface area contributed by atoms with Gasteiger partial charge in [-0.15, -0.1) is 0 Å². The van der Waals surface area contributed by atoms with Crippen molar-refractivity contribution in [2.24, 2.45) is 10.9 Å². The molecule has 1 aliphatic carbocycles. The Kier molecular flexibility index (Phi) is 9.71. The number of fused-ring (bicyclic) bond motifs is 1. The van der Waals surface area contributed by atoms with Crippen LogP contribution in [0, 0.1) is 5.92 Å². The highest BCUT2D eigenvalue weighted by atomic mass is 32.2. The predicted octanol–water partition coefficient (Wildman–Crippen LogP) is 5.80. The summed E-state index contributed by atoms with van der Waals surface area (Å²) in [6.45, 7) is 1.83. The first-order chi connectivity index (χ1) is 18.1. The second-order valence-corrected chi connectivity index (χ2v) is 9.86. The first kappa shape index (κ1) is 26.4.